The molecule has 0 saturated carbocycles. The molecule has 4 N–H and O–H groups in total. The van der Waals surface area contributed by atoms with Crippen LogP contribution in [0.1, 0.15) is 5.69 Å². The number of benzene rings is 2. The first-order chi connectivity index (χ1) is 11.7. The predicted molar refractivity (Wildman–Crippen MR) is 94.6 cm³/mol. The fraction of sp³-hybridized carbons (Fsp3) is 0.0556. The number of hydrogen-bond donors (Lipinski definition) is 3. The zero-order valence-corrected chi connectivity index (χ0v) is 12.8. The van der Waals surface area contributed by atoms with E-state index < -0.39 is 0 Å². The van der Waals surface area contributed by atoms with Crippen LogP contribution < -0.4 is 11.1 Å². The van der Waals surface area contributed by atoms with Gasteiger partial charge in [0.15, 0.2) is 0 Å². The number of carbonyl (C=O) groups excluding carboxylic acids is 1. The van der Waals surface area contributed by atoms with Crippen molar-refractivity contribution in [2.45, 2.75) is 6.42 Å². The lowest BCUT2D eigenvalue weighted by Gasteiger charge is -2.07. The van der Waals surface area contributed by atoms with Gasteiger partial charge in [-0.25, -0.2) is 4.98 Å². The molecule has 6 nitrogen and oxygen atoms in total. The maximum Gasteiger partial charge on any atom is 0.230 e. The van der Waals surface area contributed by atoms with Gasteiger partial charge in [-0.3, -0.25) is 9.78 Å². The number of nitrogens with two attached hydrogens (primary N) is 1. The first-order valence-electron chi connectivity index (χ1n) is 7.56. The lowest BCUT2D eigenvalue weighted by Crippen LogP contribution is -2.15. The molecule has 0 saturated heterocycles. The number of anilines is 2. The van der Waals surface area contributed by atoms with Crippen LogP contribution in [0.25, 0.3) is 21.9 Å². The van der Waals surface area contributed by atoms with E-state index in [0.717, 1.165) is 27.6 Å². The average Bonchev–Trinajstić information content (AvgIpc) is 3.03. The van der Waals surface area contributed by atoms with Crippen LogP contribution in [0.4, 0.5) is 11.4 Å². The summed E-state index contributed by atoms with van der Waals surface area (Å²) in [5.74, 6) is -0.129. The maximum absolute atomic E-state index is 12.3. The summed E-state index contributed by atoms with van der Waals surface area (Å²) < 4.78 is 0. The van der Waals surface area contributed by atoms with Crippen molar-refractivity contribution in [2.75, 3.05) is 11.1 Å². The number of nitrogens with one attached hydrogen (secondary N) is 2. The van der Waals surface area contributed by atoms with Crippen molar-refractivity contribution in [3.05, 3.63) is 60.6 Å². The predicted octanol–water partition coefficient (Wildman–Crippen LogP) is 2.87. The highest BCUT2D eigenvalue weighted by Gasteiger charge is 2.08. The number of amides is 1. The first-order valence-corrected chi connectivity index (χ1v) is 7.56. The zero-order valence-electron chi connectivity index (χ0n) is 12.8. The van der Waals surface area contributed by atoms with E-state index in [1.165, 1.54) is 0 Å². The van der Waals surface area contributed by atoms with Gasteiger partial charge in [-0.1, -0.05) is 18.2 Å². The van der Waals surface area contributed by atoms with Crippen molar-refractivity contribution in [2.24, 2.45) is 0 Å². The number of para-hydroxylation sites is 1. The van der Waals surface area contributed by atoms with Gasteiger partial charge in [0.2, 0.25) is 5.91 Å². The molecule has 1 amide bonds. The van der Waals surface area contributed by atoms with E-state index in [9.17, 15) is 4.79 Å². The third kappa shape index (κ3) is 2.65. The summed E-state index contributed by atoms with van der Waals surface area (Å²) >= 11 is 0. The van der Waals surface area contributed by atoms with Gasteiger partial charge in [0.1, 0.15) is 0 Å². The molecule has 0 aliphatic carbocycles. The molecule has 0 atom stereocenters. The summed E-state index contributed by atoms with van der Waals surface area (Å²) in [5.41, 5.74) is 10.4. The van der Waals surface area contributed by atoms with Gasteiger partial charge in [-0.2, -0.15) is 0 Å². The lowest BCUT2D eigenvalue weighted by atomic mass is 10.1. The minimum Gasteiger partial charge on any atom is -0.397 e. The molecule has 2 heterocycles. The Morgan fingerprint density at radius 3 is 3.00 bits per heavy atom. The Morgan fingerprint density at radius 1 is 1.17 bits per heavy atom. The van der Waals surface area contributed by atoms with Crippen LogP contribution in [-0.2, 0) is 11.2 Å². The van der Waals surface area contributed by atoms with Crippen LogP contribution in [0.3, 0.4) is 0 Å². The van der Waals surface area contributed by atoms with Crippen molar-refractivity contribution < 1.29 is 4.79 Å². The number of hydrogen-bond acceptors (Lipinski definition) is 4. The fourth-order valence-electron chi connectivity index (χ4n) is 2.69. The first kappa shape index (κ1) is 14.2. The normalized spacial score (nSPS) is 11.0. The van der Waals surface area contributed by atoms with Crippen molar-refractivity contribution in [3.63, 3.8) is 0 Å². The molecule has 4 rings (SSSR count). The Hall–Kier alpha value is -3.41. The van der Waals surface area contributed by atoms with E-state index in [2.05, 4.69) is 20.3 Å². The van der Waals surface area contributed by atoms with E-state index in [-0.39, 0.29) is 12.3 Å². The molecule has 0 fully saturated rings. The Labute approximate surface area is 137 Å². The van der Waals surface area contributed by atoms with E-state index in [4.69, 9.17) is 5.73 Å². The molecule has 0 unspecified atom stereocenters. The van der Waals surface area contributed by atoms with Gasteiger partial charge in [-0.05, 0) is 30.3 Å². The number of nitrogen functional groups attached to an aromatic ring is 1. The summed E-state index contributed by atoms with van der Waals surface area (Å²) in [6, 6.07) is 14.9. The number of pyridine rings is 1. The molecule has 4 aromatic rings. The largest absolute Gasteiger partial charge is 0.397 e. The highest BCUT2D eigenvalue weighted by atomic mass is 16.1. The molecule has 6 heteroatoms. The van der Waals surface area contributed by atoms with Gasteiger partial charge >= 0.3 is 0 Å². The van der Waals surface area contributed by atoms with Gasteiger partial charge in [0.25, 0.3) is 0 Å². The third-order valence-electron chi connectivity index (χ3n) is 3.85. The molecule has 0 aliphatic heterocycles. The minimum atomic E-state index is -0.129. The number of aromatic nitrogens is 3. The number of carbonyl (C=O) groups is 1. The van der Waals surface area contributed by atoms with Gasteiger partial charge in [0, 0.05) is 11.1 Å². The second kappa shape index (κ2) is 5.66. The smallest absolute Gasteiger partial charge is 0.230 e. The van der Waals surface area contributed by atoms with Crippen LogP contribution in [-0.4, -0.2) is 20.9 Å². The molecule has 0 aliphatic rings. The van der Waals surface area contributed by atoms with E-state index in [0.29, 0.717) is 11.4 Å². The summed E-state index contributed by atoms with van der Waals surface area (Å²) in [6.45, 7) is 0. The minimum absolute atomic E-state index is 0.129. The number of fused-ring (bicyclic) bond motifs is 2. The van der Waals surface area contributed by atoms with Gasteiger partial charge < -0.3 is 16.0 Å². The monoisotopic (exact) mass is 317 g/mol. The maximum atomic E-state index is 12.3. The van der Waals surface area contributed by atoms with E-state index in [1.54, 1.807) is 12.4 Å². The molecule has 24 heavy (non-hydrogen) atoms. The standard InChI is InChI=1S/C18H15N5O/c19-14-3-1-2-11-4-5-13(23-18(11)14)9-17(24)22-12-6-7-15-16(8-12)21-10-20-15/h1-8,10H,9,19H2,(H,20,21)(H,22,24). The lowest BCUT2D eigenvalue weighted by molar-refractivity contribution is -0.115. The Morgan fingerprint density at radius 2 is 2.08 bits per heavy atom. The molecule has 2 aromatic heterocycles. The van der Waals surface area contributed by atoms with Crippen LogP contribution in [0.15, 0.2) is 54.9 Å². The molecule has 118 valence electrons. The van der Waals surface area contributed by atoms with Crippen molar-refractivity contribution in [1.82, 2.24) is 15.0 Å². The van der Waals surface area contributed by atoms with Crippen LogP contribution in [0.5, 0.6) is 0 Å². The summed E-state index contributed by atoms with van der Waals surface area (Å²) in [7, 11) is 0. The second-order valence-corrected chi connectivity index (χ2v) is 5.58. The summed E-state index contributed by atoms with van der Waals surface area (Å²) in [4.78, 5) is 23.9. The van der Waals surface area contributed by atoms with E-state index >= 15 is 0 Å². The third-order valence-corrected chi connectivity index (χ3v) is 3.85. The highest BCUT2D eigenvalue weighted by molar-refractivity contribution is 5.95. The van der Waals surface area contributed by atoms with Crippen molar-refractivity contribution in [3.8, 4) is 0 Å². The Kier molecular flexibility index (Phi) is 3.35. The Balaban J connectivity index is 1.54. The summed E-state index contributed by atoms with van der Waals surface area (Å²) in [6.07, 6.45) is 1.81. The number of H-pyrrole nitrogens is 1. The van der Waals surface area contributed by atoms with Crippen molar-refractivity contribution >= 4 is 39.2 Å². The molecule has 0 spiro atoms. The van der Waals surface area contributed by atoms with Crippen LogP contribution in [0, 0.1) is 0 Å². The number of nitrogens with zero attached hydrogens (tertiary/aromatic N) is 2. The number of aromatic amines is 1. The van der Waals surface area contributed by atoms with Crippen LogP contribution >= 0.6 is 0 Å². The van der Waals surface area contributed by atoms with Gasteiger partial charge in [-0.15, -0.1) is 0 Å². The Bertz CT molecular complexity index is 1050. The second-order valence-electron chi connectivity index (χ2n) is 5.58. The molecular weight excluding hydrogens is 302 g/mol. The molecule has 2 aromatic carbocycles. The topological polar surface area (TPSA) is 96.7 Å². The fourth-order valence-corrected chi connectivity index (χ4v) is 2.69. The van der Waals surface area contributed by atoms with Crippen molar-refractivity contribution in [1.29, 1.82) is 0 Å². The van der Waals surface area contributed by atoms with Gasteiger partial charge in [0.05, 0.1) is 40.7 Å². The summed E-state index contributed by atoms with van der Waals surface area (Å²) in [5, 5.41) is 3.84. The molecule has 0 bridgehead atoms. The van der Waals surface area contributed by atoms with Crippen LogP contribution in [0.2, 0.25) is 0 Å². The number of imidazole rings is 1. The average molecular weight is 317 g/mol. The quantitative estimate of drug-likeness (QED) is 0.506. The zero-order chi connectivity index (χ0) is 16.5. The molecule has 0 radical (unpaired) electrons. The van der Waals surface area contributed by atoms with E-state index in [1.807, 2.05) is 42.5 Å². The number of rotatable bonds is 3. The molecular formula is C18H15N5O. The SMILES string of the molecule is Nc1cccc2ccc(CC(=O)Nc3ccc4nc[nH]c4c3)nc12. The highest BCUT2D eigenvalue weighted by Crippen LogP contribution is 2.20.